The molecular formula is C12H20O3. The zero-order valence-corrected chi connectivity index (χ0v) is 8.49. The minimum atomic E-state index is -0.362. The van der Waals surface area contributed by atoms with Crippen molar-refractivity contribution in [2.75, 3.05) is 7.11 Å². The smallest absolute Gasteiger partial charge is 0.162 e. The van der Waals surface area contributed by atoms with Crippen LogP contribution in [0.5, 0.6) is 0 Å². The van der Waals surface area contributed by atoms with Gasteiger partial charge in [0, 0.05) is 13.2 Å². The van der Waals surface area contributed by atoms with Gasteiger partial charge < -0.3 is 9.47 Å². The molecular weight excluding hydrogens is 192 g/mol. The number of hydrogen-bond acceptors (Lipinski definition) is 3. The Kier molecular flexibility index (Phi) is 3.91. The van der Waals surface area contributed by atoms with Crippen LogP contribution < -0.4 is 0 Å². The Labute approximate surface area is 91.4 Å². The lowest BCUT2D eigenvalue weighted by Gasteiger charge is -2.43. The van der Waals surface area contributed by atoms with E-state index in [1.807, 2.05) is 0 Å². The molecule has 0 bridgehead atoms. The summed E-state index contributed by atoms with van der Waals surface area (Å²) >= 11 is 0. The maximum absolute atomic E-state index is 11.4. The van der Waals surface area contributed by atoms with Gasteiger partial charge >= 0.3 is 0 Å². The molecule has 3 nitrogen and oxygen atoms in total. The fourth-order valence-electron chi connectivity index (χ4n) is 2.49. The molecule has 86 valence electrons. The average molecular weight is 212 g/mol. The first-order chi connectivity index (χ1) is 6.77. The first kappa shape index (κ1) is 12.2. The van der Waals surface area contributed by atoms with Crippen LogP contribution >= 0.6 is 0 Å². The topological polar surface area (TPSA) is 35.5 Å². The van der Waals surface area contributed by atoms with Crippen molar-refractivity contribution in [3.8, 4) is 0 Å². The molecule has 0 radical (unpaired) electrons. The second kappa shape index (κ2) is 4.79. The number of ketones is 1. The first-order valence-electron chi connectivity index (χ1n) is 5.17. The molecule has 2 atom stereocenters. The van der Waals surface area contributed by atoms with Gasteiger partial charge in [0.1, 0.15) is 5.60 Å². The molecule has 2 unspecified atom stereocenters. The van der Waals surface area contributed by atoms with Gasteiger partial charge in [-0.1, -0.05) is 13.8 Å². The van der Waals surface area contributed by atoms with Crippen LogP contribution in [0.25, 0.3) is 0 Å². The fraction of sp³-hybridized carbons (Fsp3) is 0.750. The molecule has 1 heterocycles. The van der Waals surface area contributed by atoms with Gasteiger partial charge in [-0.15, -0.1) is 0 Å². The standard InChI is InChI=1S/C11H16O3.CH4/c1-13-10-4-2-3-6-11(10)8-9(12)5-7-14-11;/h5,7,10H,2-4,6,8H2,1H3;1H4. The van der Waals surface area contributed by atoms with E-state index in [4.69, 9.17) is 9.47 Å². The third-order valence-corrected chi connectivity index (χ3v) is 3.22. The number of methoxy groups -OCH3 is 1. The molecule has 1 spiro atoms. The lowest BCUT2D eigenvalue weighted by atomic mass is 9.78. The Morgan fingerprint density at radius 3 is 3.00 bits per heavy atom. The monoisotopic (exact) mass is 212 g/mol. The average Bonchev–Trinajstić information content (AvgIpc) is 2.18. The lowest BCUT2D eigenvalue weighted by Crippen LogP contribution is -2.49. The molecule has 0 saturated heterocycles. The summed E-state index contributed by atoms with van der Waals surface area (Å²) in [4.78, 5) is 11.4. The predicted molar refractivity (Wildman–Crippen MR) is 58.6 cm³/mol. The first-order valence-corrected chi connectivity index (χ1v) is 5.17. The van der Waals surface area contributed by atoms with Crippen molar-refractivity contribution >= 4 is 5.78 Å². The quantitative estimate of drug-likeness (QED) is 0.669. The molecule has 1 saturated carbocycles. The van der Waals surface area contributed by atoms with Gasteiger partial charge in [-0.25, -0.2) is 0 Å². The fourth-order valence-corrected chi connectivity index (χ4v) is 2.49. The molecule has 1 fully saturated rings. The van der Waals surface area contributed by atoms with Crippen LogP contribution in [0.1, 0.15) is 39.5 Å². The maximum Gasteiger partial charge on any atom is 0.162 e. The number of hydrogen-bond donors (Lipinski definition) is 0. The number of carbonyl (C=O) groups excluding carboxylic acids is 1. The Hall–Kier alpha value is -0.830. The Balaban J connectivity index is 0.00000112. The molecule has 0 aromatic heterocycles. The SMILES string of the molecule is C.COC1CCCCC12CC(=O)C=CO2. The van der Waals surface area contributed by atoms with E-state index in [1.54, 1.807) is 7.11 Å². The van der Waals surface area contributed by atoms with E-state index in [1.165, 1.54) is 18.8 Å². The maximum atomic E-state index is 11.4. The summed E-state index contributed by atoms with van der Waals surface area (Å²) in [5.74, 6) is 0.153. The van der Waals surface area contributed by atoms with Crippen molar-refractivity contribution in [3.63, 3.8) is 0 Å². The van der Waals surface area contributed by atoms with E-state index in [0.29, 0.717) is 6.42 Å². The van der Waals surface area contributed by atoms with E-state index in [2.05, 4.69) is 0 Å². The summed E-state index contributed by atoms with van der Waals surface area (Å²) in [6.07, 6.45) is 7.81. The van der Waals surface area contributed by atoms with Gasteiger partial charge in [0.25, 0.3) is 0 Å². The van der Waals surface area contributed by atoms with Crippen LogP contribution in [0.3, 0.4) is 0 Å². The summed E-state index contributed by atoms with van der Waals surface area (Å²) in [5, 5.41) is 0. The second-order valence-corrected chi connectivity index (χ2v) is 4.10. The highest BCUT2D eigenvalue weighted by Gasteiger charge is 2.45. The van der Waals surface area contributed by atoms with Crippen molar-refractivity contribution in [2.24, 2.45) is 0 Å². The molecule has 0 N–H and O–H groups in total. The molecule has 3 heteroatoms. The highest BCUT2D eigenvalue weighted by atomic mass is 16.5. The van der Waals surface area contributed by atoms with Crippen LogP contribution in [-0.2, 0) is 14.3 Å². The Morgan fingerprint density at radius 2 is 2.33 bits per heavy atom. The summed E-state index contributed by atoms with van der Waals surface area (Å²) in [7, 11) is 1.70. The van der Waals surface area contributed by atoms with Crippen molar-refractivity contribution < 1.29 is 14.3 Å². The van der Waals surface area contributed by atoms with Crippen LogP contribution in [0.15, 0.2) is 12.3 Å². The van der Waals surface area contributed by atoms with E-state index in [-0.39, 0.29) is 24.9 Å². The number of allylic oxidation sites excluding steroid dienone is 1. The van der Waals surface area contributed by atoms with Gasteiger partial charge in [-0.2, -0.15) is 0 Å². The highest BCUT2D eigenvalue weighted by Crippen LogP contribution is 2.38. The van der Waals surface area contributed by atoms with E-state index >= 15 is 0 Å². The zero-order chi connectivity index (χ0) is 10.0. The van der Waals surface area contributed by atoms with Gasteiger partial charge in [-0.3, -0.25) is 4.79 Å². The molecule has 2 aliphatic rings. The van der Waals surface area contributed by atoms with Crippen LogP contribution in [0.2, 0.25) is 0 Å². The predicted octanol–water partition coefficient (Wildman–Crippen LogP) is 2.45. The second-order valence-electron chi connectivity index (χ2n) is 4.10. The largest absolute Gasteiger partial charge is 0.492 e. The zero-order valence-electron chi connectivity index (χ0n) is 8.49. The van der Waals surface area contributed by atoms with Gasteiger partial charge in [0.2, 0.25) is 0 Å². The van der Waals surface area contributed by atoms with Crippen LogP contribution in [0.4, 0.5) is 0 Å². The van der Waals surface area contributed by atoms with Crippen molar-refractivity contribution in [1.82, 2.24) is 0 Å². The van der Waals surface area contributed by atoms with Crippen LogP contribution in [-0.4, -0.2) is 24.6 Å². The van der Waals surface area contributed by atoms with Crippen molar-refractivity contribution in [1.29, 1.82) is 0 Å². The number of rotatable bonds is 1. The lowest BCUT2D eigenvalue weighted by molar-refractivity contribution is -0.147. The molecule has 0 aromatic carbocycles. The van der Waals surface area contributed by atoms with Crippen molar-refractivity contribution in [3.05, 3.63) is 12.3 Å². The molecule has 2 rings (SSSR count). The van der Waals surface area contributed by atoms with Crippen molar-refractivity contribution in [2.45, 2.75) is 51.2 Å². The van der Waals surface area contributed by atoms with Gasteiger partial charge in [0.05, 0.1) is 18.8 Å². The van der Waals surface area contributed by atoms with Crippen LogP contribution in [0, 0.1) is 0 Å². The number of carbonyl (C=O) groups is 1. The minimum absolute atomic E-state index is 0. The molecule has 1 aliphatic heterocycles. The van der Waals surface area contributed by atoms with E-state index in [9.17, 15) is 4.79 Å². The minimum Gasteiger partial charge on any atom is -0.492 e. The summed E-state index contributed by atoms with van der Waals surface area (Å²) in [6, 6.07) is 0. The Morgan fingerprint density at radius 1 is 1.53 bits per heavy atom. The van der Waals surface area contributed by atoms with Gasteiger partial charge in [-0.05, 0) is 19.3 Å². The normalized spacial score (nSPS) is 34.7. The number of ether oxygens (including phenoxy) is 2. The summed E-state index contributed by atoms with van der Waals surface area (Å²) in [5.41, 5.74) is -0.362. The molecule has 1 aliphatic carbocycles. The highest BCUT2D eigenvalue weighted by molar-refractivity contribution is 5.91. The third-order valence-electron chi connectivity index (χ3n) is 3.22. The summed E-state index contributed by atoms with van der Waals surface area (Å²) < 4.78 is 11.1. The van der Waals surface area contributed by atoms with E-state index in [0.717, 1.165) is 19.3 Å². The molecule has 0 amide bonds. The molecule has 0 aromatic rings. The van der Waals surface area contributed by atoms with E-state index < -0.39 is 0 Å². The Bertz CT molecular complexity index is 260. The summed E-state index contributed by atoms with van der Waals surface area (Å²) in [6.45, 7) is 0. The van der Waals surface area contributed by atoms with Gasteiger partial charge in [0.15, 0.2) is 5.78 Å². The molecule has 15 heavy (non-hydrogen) atoms. The third kappa shape index (κ3) is 2.23.